The first-order valence-electron chi connectivity index (χ1n) is 19.4. The zero-order valence-electron chi connectivity index (χ0n) is 31.9. The number of piperazine rings is 1. The van der Waals surface area contributed by atoms with E-state index in [4.69, 9.17) is 5.73 Å². The number of imide groups is 1. The van der Waals surface area contributed by atoms with Gasteiger partial charge in [0.15, 0.2) is 11.5 Å². The molecule has 18 heteroatoms. The number of carbonyl (C=O) groups is 2. The van der Waals surface area contributed by atoms with Crippen LogP contribution in [0.3, 0.4) is 0 Å². The second kappa shape index (κ2) is 15.8. The number of amides is 3. The molecule has 5 aromatic heterocycles. The number of anilines is 4. The molecule has 0 aromatic carbocycles. The Bertz CT molecular complexity index is 2370. The molecule has 0 unspecified atom stereocenters. The number of nitrogen functional groups attached to an aromatic ring is 1. The van der Waals surface area contributed by atoms with E-state index in [-0.39, 0.29) is 23.7 Å². The Morgan fingerprint density at radius 2 is 1.86 bits per heavy atom. The van der Waals surface area contributed by atoms with Gasteiger partial charge >= 0.3 is 6.03 Å². The van der Waals surface area contributed by atoms with Crippen molar-refractivity contribution in [3.05, 3.63) is 60.3 Å². The van der Waals surface area contributed by atoms with Gasteiger partial charge in [-0.3, -0.25) is 19.9 Å². The van der Waals surface area contributed by atoms with Crippen LogP contribution in [0.2, 0.25) is 0 Å². The van der Waals surface area contributed by atoms with Gasteiger partial charge in [-0.1, -0.05) is 5.21 Å². The molecule has 0 radical (unpaired) electrons. The van der Waals surface area contributed by atoms with E-state index >= 15 is 0 Å². The monoisotopic (exact) mass is 768 g/mol. The molecule has 3 fully saturated rings. The van der Waals surface area contributed by atoms with Crippen molar-refractivity contribution >= 4 is 46.0 Å². The van der Waals surface area contributed by atoms with Crippen molar-refractivity contribution in [1.29, 1.82) is 10.5 Å². The second-order valence-corrected chi connectivity index (χ2v) is 15.1. The van der Waals surface area contributed by atoms with Gasteiger partial charge in [-0.2, -0.15) is 20.3 Å². The SMILES string of the molecule is C[C@H](C#N)Nc1cc(-n2ncc3cc(C#N)c(N)nc32)ncc1-n1cc(C2CCC(CCN3CCN(c4ccc(N5CCC(=O)NC5=O)cn4)[C@H](C)C3)CC2)nn1. The third kappa shape index (κ3) is 7.76. The van der Waals surface area contributed by atoms with Gasteiger partial charge < -0.3 is 16.0 Å². The lowest BCUT2D eigenvalue weighted by Crippen LogP contribution is -2.52. The topological polar surface area (TPSA) is 229 Å². The summed E-state index contributed by atoms with van der Waals surface area (Å²) in [6.07, 6.45) is 12.8. The van der Waals surface area contributed by atoms with Crippen molar-refractivity contribution in [3.8, 4) is 23.6 Å². The number of fused-ring (bicyclic) bond motifs is 1. The van der Waals surface area contributed by atoms with Gasteiger partial charge in [0.1, 0.15) is 29.4 Å². The molecule has 0 bridgehead atoms. The molecule has 2 atom stereocenters. The number of nitrogens with zero attached hydrogens (tertiary/aromatic N) is 13. The summed E-state index contributed by atoms with van der Waals surface area (Å²) in [4.78, 5) is 43.9. The molecular formula is C39H44N16O2. The lowest BCUT2D eigenvalue weighted by Gasteiger charge is -2.41. The number of aromatic nitrogens is 8. The number of urea groups is 1. The normalized spacial score (nSPS) is 20.9. The summed E-state index contributed by atoms with van der Waals surface area (Å²) in [5.74, 6) is 2.20. The van der Waals surface area contributed by atoms with Crippen molar-refractivity contribution in [3.63, 3.8) is 0 Å². The molecule has 3 amide bonds. The second-order valence-electron chi connectivity index (χ2n) is 15.1. The molecule has 3 aliphatic rings. The summed E-state index contributed by atoms with van der Waals surface area (Å²) >= 11 is 0. The number of nitrogens with one attached hydrogen (secondary N) is 2. The Morgan fingerprint density at radius 3 is 2.60 bits per heavy atom. The summed E-state index contributed by atoms with van der Waals surface area (Å²) in [5, 5.41) is 38.8. The van der Waals surface area contributed by atoms with Crippen LogP contribution in [-0.2, 0) is 4.79 Å². The van der Waals surface area contributed by atoms with Crippen LogP contribution in [0.25, 0.3) is 22.5 Å². The number of pyridine rings is 3. The standard InChI is InChI=1S/C39H44N16O2/c1-24(17-40)46-31-16-35(55-38-29(19-45-55)15-28(18-41)37(42)48-38)44-21-33(31)54-23-32(49-50-54)27-5-3-26(4-6-27)9-11-51-13-14-52(25(2)22-51)34-8-7-30(20-43-34)53-12-10-36(56)47-39(53)57/h7-8,15-16,19-21,23-27H,3-6,9-14,22H2,1-2H3,(H2,42,48)(H,44,46)(H,47,56,57)/t24-,25-,26?,27?/m1/s1. The highest BCUT2D eigenvalue weighted by Gasteiger charge is 2.29. The van der Waals surface area contributed by atoms with E-state index in [1.807, 2.05) is 24.4 Å². The van der Waals surface area contributed by atoms with Crippen molar-refractivity contribution in [2.75, 3.05) is 53.6 Å². The molecule has 8 rings (SSSR count). The van der Waals surface area contributed by atoms with E-state index in [9.17, 15) is 20.1 Å². The molecule has 4 N–H and O–H groups in total. The van der Waals surface area contributed by atoms with Crippen LogP contribution in [0.4, 0.5) is 27.8 Å². The van der Waals surface area contributed by atoms with E-state index in [0.717, 1.165) is 69.8 Å². The number of rotatable bonds is 10. The van der Waals surface area contributed by atoms with Crippen molar-refractivity contribution in [2.45, 2.75) is 70.4 Å². The quantitative estimate of drug-likeness (QED) is 0.183. The number of hydrogen-bond acceptors (Lipinski definition) is 14. The maximum Gasteiger partial charge on any atom is 0.328 e. The van der Waals surface area contributed by atoms with E-state index in [0.29, 0.717) is 58.3 Å². The average molecular weight is 769 g/mol. The maximum absolute atomic E-state index is 12.2. The molecule has 292 valence electrons. The van der Waals surface area contributed by atoms with Gasteiger partial charge in [0.05, 0.1) is 53.5 Å². The fourth-order valence-corrected chi connectivity index (χ4v) is 8.13. The third-order valence-corrected chi connectivity index (χ3v) is 11.3. The van der Waals surface area contributed by atoms with Crippen molar-refractivity contribution in [1.82, 2.24) is 49.9 Å². The number of hydrogen-bond donors (Lipinski definition) is 3. The maximum atomic E-state index is 12.2. The lowest BCUT2D eigenvalue weighted by molar-refractivity contribution is -0.120. The highest BCUT2D eigenvalue weighted by Crippen LogP contribution is 2.37. The molecule has 2 aliphatic heterocycles. The predicted octanol–water partition coefficient (Wildman–Crippen LogP) is 3.89. The Balaban J connectivity index is 0.854. The molecule has 7 heterocycles. The number of nitriles is 2. The minimum atomic E-state index is -0.493. The highest BCUT2D eigenvalue weighted by molar-refractivity contribution is 6.05. The summed E-state index contributed by atoms with van der Waals surface area (Å²) < 4.78 is 3.26. The summed E-state index contributed by atoms with van der Waals surface area (Å²) in [6, 6.07) is 11.0. The number of carbonyl (C=O) groups excluding carboxylic acids is 2. The summed E-state index contributed by atoms with van der Waals surface area (Å²) in [7, 11) is 0. The fourth-order valence-electron chi connectivity index (χ4n) is 8.13. The Kier molecular flexibility index (Phi) is 10.4. The molecule has 1 saturated carbocycles. The van der Waals surface area contributed by atoms with Crippen LogP contribution >= 0.6 is 0 Å². The van der Waals surface area contributed by atoms with Crippen LogP contribution < -0.4 is 26.2 Å². The highest BCUT2D eigenvalue weighted by atomic mass is 16.2. The van der Waals surface area contributed by atoms with Crippen LogP contribution in [-0.4, -0.2) is 101 Å². The molecule has 57 heavy (non-hydrogen) atoms. The summed E-state index contributed by atoms with van der Waals surface area (Å²) in [5.41, 5.74) is 9.66. The van der Waals surface area contributed by atoms with Gasteiger partial charge in [0.2, 0.25) is 5.91 Å². The van der Waals surface area contributed by atoms with Gasteiger partial charge in [0, 0.05) is 56.0 Å². The van der Waals surface area contributed by atoms with E-state index in [1.165, 1.54) is 0 Å². The first-order chi connectivity index (χ1) is 27.7. The zero-order chi connectivity index (χ0) is 39.6. The minimum absolute atomic E-state index is 0.111. The van der Waals surface area contributed by atoms with E-state index in [2.05, 4.69) is 63.8 Å². The van der Waals surface area contributed by atoms with Gasteiger partial charge in [0.25, 0.3) is 0 Å². The van der Waals surface area contributed by atoms with Crippen LogP contribution in [0.5, 0.6) is 0 Å². The van der Waals surface area contributed by atoms with E-state index < -0.39 is 12.1 Å². The molecule has 1 aliphatic carbocycles. The van der Waals surface area contributed by atoms with E-state index in [1.54, 1.807) is 51.9 Å². The molecular weight excluding hydrogens is 725 g/mol. The van der Waals surface area contributed by atoms with Crippen LogP contribution in [0, 0.1) is 28.6 Å². The largest absolute Gasteiger partial charge is 0.383 e. The van der Waals surface area contributed by atoms with Gasteiger partial charge in [-0.05, 0) is 76.6 Å². The third-order valence-electron chi connectivity index (χ3n) is 11.3. The van der Waals surface area contributed by atoms with Crippen LogP contribution in [0.15, 0.2) is 49.1 Å². The molecule has 18 nitrogen and oxygen atoms in total. The minimum Gasteiger partial charge on any atom is -0.383 e. The zero-order valence-corrected chi connectivity index (χ0v) is 31.9. The van der Waals surface area contributed by atoms with Crippen molar-refractivity contribution in [2.24, 2.45) is 5.92 Å². The molecule has 5 aromatic rings. The van der Waals surface area contributed by atoms with Gasteiger partial charge in [-0.15, -0.1) is 5.10 Å². The first-order valence-corrected chi connectivity index (χ1v) is 19.4. The first kappa shape index (κ1) is 37.3. The smallest absolute Gasteiger partial charge is 0.328 e. The summed E-state index contributed by atoms with van der Waals surface area (Å²) in [6.45, 7) is 8.25. The number of nitrogens with two attached hydrogens (primary N) is 1. The fraction of sp³-hybridized carbons (Fsp3) is 0.436. The Hall–Kier alpha value is -6.66. The average Bonchev–Trinajstić information content (AvgIpc) is 3.88. The Labute approximate surface area is 329 Å². The lowest BCUT2D eigenvalue weighted by atomic mass is 9.79. The van der Waals surface area contributed by atoms with Crippen LogP contribution in [0.1, 0.15) is 69.5 Å². The molecule has 2 saturated heterocycles. The van der Waals surface area contributed by atoms with Gasteiger partial charge in [-0.25, -0.2) is 24.4 Å². The molecule has 0 spiro atoms. The predicted molar refractivity (Wildman–Crippen MR) is 212 cm³/mol. The van der Waals surface area contributed by atoms with Crippen molar-refractivity contribution < 1.29 is 9.59 Å². The Morgan fingerprint density at radius 1 is 1.04 bits per heavy atom.